The van der Waals surface area contributed by atoms with Crippen molar-refractivity contribution < 1.29 is 0 Å². The van der Waals surface area contributed by atoms with Gasteiger partial charge in [-0.2, -0.15) is 0 Å². The van der Waals surface area contributed by atoms with Crippen LogP contribution in [-0.4, -0.2) is 27.5 Å². The molecule has 3 aromatic rings. The number of likely N-dealkylation sites (tertiary alicyclic amines) is 1. The summed E-state index contributed by atoms with van der Waals surface area (Å²) < 4.78 is 2.37. The van der Waals surface area contributed by atoms with Crippen LogP contribution in [0.4, 0.5) is 0 Å². The van der Waals surface area contributed by atoms with Gasteiger partial charge in [-0.15, -0.1) is 0 Å². The van der Waals surface area contributed by atoms with E-state index in [1.807, 2.05) is 0 Å². The van der Waals surface area contributed by atoms with E-state index in [1.165, 1.54) is 42.8 Å². The molecule has 0 saturated carbocycles. The lowest BCUT2D eigenvalue weighted by atomic mass is 10.2. The number of benzene rings is 2. The first-order valence-electron chi connectivity index (χ1n) is 9.24. The van der Waals surface area contributed by atoms with Gasteiger partial charge in [-0.05, 0) is 50.6 Å². The van der Waals surface area contributed by atoms with E-state index in [0.717, 1.165) is 12.1 Å². The lowest BCUT2D eigenvalue weighted by Crippen LogP contribution is -2.26. The Balaban J connectivity index is 1.65. The van der Waals surface area contributed by atoms with Gasteiger partial charge < -0.3 is 4.57 Å². The van der Waals surface area contributed by atoms with Crippen LogP contribution in [0.2, 0.25) is 0 Å². The topological polar surface area (TPSA) is 21.1 Å². The highest BCUT2D eigenvalue weighted by Crippen LogP contribution is 2.27. The first-order chi connectivity index (χ1) is 12.3. The summed E-state index contributed by atoms with van der Waals surface area (Å²) in [7, 11) is 0. The van der Waals surface area contributed by atoms with Crippen LogP contribution in [-0.2, 0) is 6.54 Å². The zero-order chi connectivity index (χ0) is 17.1. The van der Waals surface area contributed by atoms with Gasteiger partial charge in [0.2, 0.25) is 0 Å². The summed E-state index contributed by atoms with van der Waals surface area (Å²) in [6.07, 6.45) is 7.04. The molecule has 1 aliphatic rings. The fraction of sp³-hybridized carbons (Fsp3) is 0.318. The summed E-state index contributed by atoms with van der Waals surface area (Å²) in [4.78, 5) is 7.52. The standard InChI is InChI=1S/C22H25N3/c1-18(24-15-7-8-16-24)22-23-20-13-5-6-14-21(20)25(22)17-9-12-19-10-3-2-4-11-19/h2-6,9-14,18H,7-8,15-17H2,1H3/b12-9+. The molecule has 0 aliphatic carbocycles. The summed E-state index contributed by atoms with van der Waals surface area (Å²) in [6, 6.07) is 19.3. The molecule has 1 unspecified atom stereocenters. The number of imidazole rings is 1. The van der Waals surface area contributed by atoms with Crippen LogP contribution in [0.25, 0.3) is 17.1 Å². The highest BCUT2D eigenvalue weighted by atomic mass is 15.2. The summed E-state index contributed by atoms with van der Waals surface area (Å²) >= 11 is 0. The van der Waals surface area contributed by atoms with Gasteiger partial charge in [0.25, 0.3) is 0 Å². The predicted molar refractivity (Wildman–Crippen MR) is 104 cm³/mol. The maximum atomic E-state index is 4.97. The minimum Gasteiger partial charge on any atom is -0.323 e. The fourth-order valence-electron chi connectivity index (χ4n) is 3.76. The van der Waals surface area contributed by atoms with Crippen LogP contribution in [0, 0.1) is 0 Å². The molecule has 128 valence electrons. The Morgan fingerprint density at radius 3 is 2.52 bits per heavy atom. The highest BCUT2D eigenvalue weighted by molar-refractivity contribution is 5.76. The summed E-state index contributed by atoms with van der Waals surface area (Å²) in [6.45, 7) is 5.52. The van der Waals surface area contributed by atoms with Crippen molar-refractivity contribution in [3.63, 3.8) is 0 Å². The van der Waals surface area contributed by atoms with Crippen LogP contribution in [0.1, 0.15) is 37.2 Å². The second-order valence-electron chi connectivity index (χ2n) is 6.80. The first kappa shape index (κ1) is 16.1. The molecule has 0 radical (unpaired) electrons. The van der Waals surface area contributed by atoms with Crippen molar-refractivity contribution in [2.45, 2.75) is 32.4 Å². The Labute approximate surface area is 149 Å². The molecule has 1 fully saturated rings. The van der Waals surface area contributed by atoms with Crippen molar-refractivity contribution >= 4 is 17.1 Å². The molecule has 0 bridgehead atoms. The molecule has 25 heavy (non-hydrogen) atoms. The molecule has 1 aromatic heterocycles. The maximum absolute atomic E-state index is 4.97. The van der Waals surface area contributed by atoms with Gasteiger partial charge in [0.05, 0.1) is 17.1 Å². The summed E-state index contributed by atoms with van der Waals surface area (Å²) in [5.74, 6) is 1.18. The lowest BCUT2D eigenvalue weighted by Gasteiger charge is -2.23. The molecular weight excluding hydrogens is 306 g/mol. The Hall–Kier alpha value is -2.39. The minimum atomic E-state index is 0.361. The molecule has 0 N–H and O–H groups in total. The quantitative estimate of drug-likeness (QED) is 0.662. The molecule has 0 spiro atoms. The number of nitrogens with zero attached hydrogens (tertiary/aromatic N) is 3. The molecule has 1 saturated heterocycles. The van der Waals surface area contributed by atoms with Gasteiger partial charge in [0.1, 0.15) is 5.82 Å². The van der Waals surface area contributed by atoms with Gasteiger partial charge in [-0.1, -0.05) is 54.6 Å². The maximum Gasteiger partial charge on any atom is 0.127 e. The zero-order valence-electron chi connectivity index (χ0n) is 14.8. The van der Waals surface area contributed by atoms with Crippen LogP contribution in [0.15, 0.2) is 60.7 Å². The van der Waals surface area contributed by atoms with Crippen LogP contribution in [0.5, 0.6) is 0 Å². The number of rotatable bonds is 5. The van der Waals surface area contributed by atoms with Gasteiger partial charge >= 0.3 is 0 Å². The van der Waals surface area contributed by atoms with Crippen molar-refractivity contribution in [3.8, 4) is 0 Å². The van der Waals surface area contributed by atoms with E-state index in [1.54, 1.807) is 0 Å². The Kier molecular flexibility index (Phi) is 4.66. The van der Waals surface area contributed by atoms with E-state index in [0.29, 0.717) is 6.04 Å². The Morgan fingerprint density at radius 2 is 1.72 bits per heavy atom. The van der Waals surface area contributed by atoms with E-state index in [2.05, 4.69) is 83.1 Å². The Morgan fingerprint density at radius 1 is 1.00 bits per heavy atom. The number of aromatic nitrogens is 2. The monoisotopic (exact) mass is 331 g/mol. The van der Waals surface area contributed by atoms with Crippen molar-refractivity contribution in [1.82, 2.24) is 14.5 Å². The number of hydrogen-bond donors (Lipinski definition) is 0. The normalized spacial score (nSPS) is 16.8. The largest absolute Gasteiger partial charge is 0.323 e. The van der Waals surface area contributed by atoms with E-state index in [9.17, 15) is 0 Å². The molecule has 2 aromatic carbocycles. The second-order valence-corrected chi connectivity index (χ2v) is 6.80. The van der Waals surface area contributed by atoms with Crippen molar-refractivity contribution in [1.29, 1.82) is 0 Å². The molecule has 1 aliphatic heterocycles. The molecule has 1 atom stereocenters. The van der Waals surface area contributed by atoms with Crippen LogP contribution in [0.3, 0.4) is 0 Å². The average molecular weight is 331 g/mol. The third-order valence-electron chi connectivity index (χ3n) is 5.14. The number of hydrogen-bond acceptors (Lipinski definition) is 2. The number of fused-ring (bicyclic) bond motifs is 1. The van der Waals surface area contributed by atoms with Crippen LogP contribution >= 0.6 is 0 Å². The van der Waals surface area contributed by atoms with Gasteiger partial charge in [0, 0.05) is 6.54 Å². The van der Waals surface area contributed by atoms with E-state index >= 15 is 0 Å². The molecule has 3 heteroatoms. The van der Waals surface area contributed by atoms with Gasteiger partial charge in [-0.25, -0.2) is 4.98 Å². The third-order valence-corrected chi connectivity index (χ3v) is 5.14. The molecule has 4 rings (SSSR count). The second kappa shape index (κ2) is 7.24. The lowest BCUT2D eigenvalue weighted by molar-refractivity contribution is 0.249. The van der Waals surface area contributed by atoms with Crippen molar-refractivity contribution in [2.75, 3.05) is 13.1 Å². The smallest absolute Gasteiger partial charge is 0.127 e. The molecule has 0 amide bonds. The minimum absolute atomic E-state index is 0.361. The predicted octanol–water partition coefficient (Wildman–Crippen LogP) is 4.91. The zero-order valence-corrected chi connectivity index (χ0v) is 14.8. The molecular formula is C22H25N3. The summed E-state index contributed by atoms with van der Waals surface area (Å²) in [5, 5.41) is 0. The van der Waals surface area contributed by atoms with E-state index < -0.39 is 0 Å². The first-order valence-corrected chi connectivity index (χ1v) is 9.24. The van der Waals surface area contributed by atoms with Gasteiger partial charge in [-0.3, -0.25) is 4.90 Å². The summed E-state index contributed by atoms with van der Waals surface area (Å²) in [5.41, 5.74) is 3.55. The van der Waals surface area contributed by atoms with E-state index in [-0.39, 0.29) is 0 Å². The molecule has 3 nitrogen and oxygen atoms in total. The number of allylic oxidation sites excluding steroid dienone is 1. The average Bonchev–Trinajstić information content (AvgIpc) is 3.30. The van der Waals surface area contributed by atoms with Crippen molar-refractivity contribution in [2.24, 2.45) is 0 Å². The fourth-order valence-corrected chi connectivity index (χ4v) is 3.76. The molecule has 2 heterocycles. The van der Waals surface area contributed by atoms with E-state index in [4.69, 9.17) is 4.98 Å². The highest BCUT2D eigenvalue weighted by Gasteiger charge is 2.24. The van der Waals surface area contributed by atoms with Gasteiger partial charge in [0.15, 0.2) is 0 Å². The van der Waals surface area contributed by atoms with Crippen LogP contribution < -0.4 is 0 Å². The SMILES string of the molecule is CC(c1nc2ccccc2n1C/C=C/c1ccccc1)N1CCCC1. The van der Waals surface area contributed by atoms with Crippen molar-refractivity contribution in [3.05, 3.63) is 72.1 Å². The number of para-hydroxylation sites is 2. The third kappa shape index (κ3) is 3.38. The Bertz CT molecular complexity index is 857.